The zero-order chi connectivity index (χ0) is 22.4. The van der Waals surface area contributed by atoms with E-state index >= 15 is 0 Å². The molecule has 11 heteroatoms. The van der Waals surface area contributed by atoms with Crippen LogP contribution < -0.4 is 15.4 Å². The van der Waals surface area contributed by atoms with E-state index in [4.69, 9.17) is 21.6 Å². The monoisotopic (exact) mass is 453 g/mol. The number of carbonyl (C=O) groups excluding carboxylic acids is 1. The summed E-state index contributed by atoms with van der Waals surface area (Å²) in [6, 6.07) is 6.10. The van der Waals surface area contributed by atoms with E-state index in [-0.39, 0.29) is 16.3 Å². The number of carbonyl (C=O) groups is 1. The first-order valence-electron chi connectivity index (χ1n) is 9.63. The molecule has 1 aliphatic rings. The predicted molar refractivity (Wildman–Crippen MR) is 107 cm³/mol. The van der Waals surface area contributed by atoms with Gasteiger partial charge in [-0.25, -0.2) is 14.8 Å². The van der Waals surface area contributed by atoms with Gasteiger partial charge in [-0.3, -0.25) is 0 Å². The van der Waals surface area contributed by atoms with E-state index in [0.29, 0.717) is 12.5 Å². The highest BCUT2D eigenvalue weighted by atomic mass is 35.5. The number of anilines is 2. The van der Waals surface area contributed by atoms with Crippen molar-refractivity contribution in [2.24, 2.45) is 5.92 Å². The Bertz CT molecular complexity index is 988. The van der Waals surface area contributed by atoms with Crippen molar-refractivity contribution in [2.45, 2.75) is 38.3 Å². The van der Waals surface area contributed by atoms with Gasteiger partial charge < -0.3 is 15.4 Å². The normalized spacial score (nSPS) is 14.5. The highest BCUT2D eigenvalue weighted by Gasteiger charge is 2.38. The van der Waals surface area contributed by atoms with Gasteiger partial charge in [-0.2, -0.15) is 18.4 Å². The number of nitrogens with one attached hydrogen (secondary N) is 2. The Hall–Kier alpha value is -3.06. The SMILES string of the molecule is N#Cc1ccc(Nc2ncc(OC(=O)NCC3CCCCC3)c(C(F)(F)F)n2)c(Cl)c1. The van der Waals surface area contributed by atoms with Gasteiger partial charge in [-0.1, -0.05) is 30.9 Å². The second-order valence-electron chi connectivity index (χ2n) is 7.11. The topological polar surface area (TPSA) is 99.9 Å². The number of nitrogens with zero attached hydrogens (tertiary/aromatic N) is 3. The molecule has 3 rings (SSSR count). The average molecular weight is 454 g/mol. The molecular formula is C20H19ClF3N5O2. The second-order valence-corrected chi connectivity index (χ2v) is 7.52. The molecule has 2 N–H and O–H groups in total. The third-order valence-electron chi connectivity index (χ3n) is 4.83. The maximum Gasteiger partial charge on any atom is 0.437 e. The third-order valence-corrected chi connectivity index (χ3v) is 5.14. The molecule has 1 fully saturated rings. The molecule has 1 amide bonds. The summed E-state index contributed by atoms with van der Waals surface area (Å²) in [7, 11) is 0. The quantitative estimate of drug-likeness (QED) is 0.626. The highest BCUT2D eigenvalue weighted by molar-refractivity contribution is 6.33. The summed E-state index contributed by atoms with van der Waals surface area (Å²) in [5, 5.41) is 14.0. The fourth-order valence-corrected chi connectivity index (χ4v) is 3.50. The van der Waals surface area contributed by atoms with E-state index in [1.807, 2.05) is 6.07 Å². The van der Waals surface area contributed by atoms with Gasteiger partial charge in [0, 0.05) is 6.54 Å². The molecule has 0 saturated heterocycles. The first-order chi connectivity index (χ1) is 14.8. The first kappa shape index (κ1) is 22.6. The van der Waals surface area contributed by atoms with E-state index in [2.05, 4.69) is 20.6 Å². The minimum atomic E-state index is -4.88. The molecule has 0 spiro atoms. The molecule has 1 aromatic heterocycles. The first-order valence-corrected chi connectivity index (χ1v) is 10.0. The average Bonchev–Trinajstić information content (AvgIpc) is 2.74. The van der Waals surface area contributed by atoms with Crippen LogP contribution in [-0.2, 0) is 6.18 Å². The van der Waals surface area contributed by atoms with Gasteiger partial charge in [0.05, 0.1) is 28.5 Å². The van der Waals surface area contributed by atoms with Crippen molar-refractivity contribution in [3.63, 3.8) is 0 Å². The lowest BCUT2D eigenvalue weighted by Gasteiger charge is -2.21. The van der Waals surface area contributed by atoms with Crippen LogP contribution in [0.25, 0.3) is 0 Å². The molecule has 31 heavy (non-hydrogen) atoms. The van der Waals surface area contributed by atoms with E-state index in [0.717, 1.165) is 38.3 Å². The minimum Gasteiger partial charge on any atom is -0.406 e. The van der Waals surface area contributed by atoms with E-state index < -0.39 is 29.7 Å². The van der Waals surface area contributed by atoms with E-state index in [1.165, 1.54) is 18.2 Å². The van der Waals surface area contributed by atoms with E-state index in [9.17, 15) is 18.0 Å². The van der Waals surface area contributed by atoms with Gasteiger partial charge in [-0.15, -0.1) is 0 Å². The molecule has 1 saturated carbocycles. The van der Waals surface area contributed by atoms with Crippen molar-refractivity contribution < 1.29 is 22.7 Å². The molecule has 164 valence electrons. The van der Waals surface area contributed by atoms with Crippen LogP contribution in [0.5, 0.6) is 5.75 Å². The number of hydrogen-bond acceptors (Lipinski definition) is 6. The number of alkyl halides is 3. The fraction of sp³-hybridized carbons (Fsp3) is 0.400. The van der Waals surface area contributed by atoms with Gasteiger partial charge in [0.1, 0.15) is 0 Å². The molecule has 7 nitrogen and oxygen atoms in total. The molecule has 1 aromatic carbocycles. The summed E-state index contributed by atoms with van der Waals surface area (Å²) in [4.78, 5) is 19.2. The molecule has 1 aliphatic carbocycles. The van der Waals surface area contributed by atoms with Gasteiger partial charge in [0.15, 0.2) is 11.4 Å². The van der Waals surface area contributed by atoms with Crippen LogP contribution in [0.4, 0.5) is 29.6 Å². The zero-order valence-corrected chi connectivity index (χ0v) is 17.1. The lowest BCUT2D eigenvalue weighted by molar-refractivity contribution is -0.142. The van der Waals surface area contributed by atoms with Crippen molar-refractivity contribution in [2.75, 3.05) is 11.9 Å². The van der Waals surface area contributed by atoms with Crippen LogP contribution in [0.15, 0.2) is 24.4 Å². The number of nitriles is 1. The second kappa shape index (κ2) is 9.83. The summed E-state index contributed by atoms with van der Waals surface area (Å²) < 4.78 is 45.3. The fourth-order valence-electron chi connectivity index (χ4n) is 3.27. The van der Waals surface area contributed by atoms with Crippen molar-refractivity contribution in [3.05, 3.63) is 40.7 Å². The Morgan fingerprint density at radius 1 is 1.29 bits per heavy atom. The number of halogens is 4. The van der Waals surface area contributed by atoms with Crippen LogP contribution in [0, 0.1) is 17.2 Å². The lowest BCUT2D eigenvalue weighted by atomic mass is 9.89. The van der Waals surface area contributed by atoms with Crippen LogP contribution in [0.2, 0.25) is 5.02 Å². The summed E-state index contributed by atoms with van der Waals surface area (Å²) in [5.41, 5.74) is -0.897. The molecule has 0 bridgehead atoms. The number of aromatic nitrogens is 2. The predicted octanol–water partition coefficient (Wildman–Crippen LogP) is 5.43. The Labute approximate surface area is 181 Å². The van der Waals surface area contributed by atoms with Crippen molar-refractivity contribution in [1.29, 1.82) is 5.26 Å². The van der Waals surface area contributed by atoms with Gasteiger partial charge in [0.25, 0.3) is 0 Å². The molecule has 0 aliphatic heterocycles. The summed E-state index contributed by atoms with van der Waals surface area (Å²) >= 11 is 6.02. The molecule has 1 heterocycles. The van der Waals surface area contributed by atoms with Crippen LogP contribution in [-0.4, -0.2) is 22.6 Å². The molecule has 0 atom stereocenters. The summed E-state index contributed by atoms with van der Waals surface area (Å²) in [5.74, 6) is -0.901. The maximum absolute atomic E-state index is 13.5. The number of hydrogen-bond donors (Lipinski definition) is 2. The van der Waals surface area contributed by atoms with Crippen LogP contribution in [0.3, 0.4) is 0 Å². The van der Waals surface area contributed by atoms with Crippen molar-refractivity contribution in [3.8, 4) is 11.8 Å². The summed E-state index contributed by atoms with van der Waals surface area (Å²) in [6.07, 6.45) is 0.140. The maximum atomic E-state index is 13.5. The highest BCUT2D eigenvalue weighted by Crippen LogP contribution is 2.35. The molecular weight excluding hydrogens is 435 g/mol. The Kier molecular flexibility index (Phi) is 7.17. The number of rotatable bonds is 5. The van der Waals surface area contributed by atoms with Crippen molar-refractivity contribution in [1.82, 2.24) is 15.3 Å². The van der Waals surface area contributed by atoms with E-state index in [1.54, 1.807) is 0 Å². The van der Waals surface area contributed by atoms with Crippen LogP contribution in [0.1, 0.15) is 43.4 Å². The minimum absolute atomic E-state index is 0.110. The smallest absolute Gasteiger partial charge is 0.406 e. The summed E-state index contributed by atoms with van der Waals surface area (Å²) in [6.45, 7) is 0.345. The van der Waals surface area contributed by atoms with Gasteiger partial charge in [-0.05, 0) is 37.0 Å². The number of benzene rings is 1. The largest absolute Gasteiger partial charge is 0.437 e. The number of amides is 1. The Morgan fingerprint density at radius 2 is 2.03 bits per heavy atom. The van der Waals surface area contributed by atoms with Gasteiger partial charge >= 0.3 is 12.3 Å². The molecule has 2 aromatic rings. The standard InChI is InChI=1S/C20H19ClF3N5O2/c21-14-8-13(9-25)6-7-15(14)28-18-26-11-16(17(29-18)20(22,23)24)31-19(30)27-10-12-4-2-1-3-5-12/h6-8,11-12H,1-5,10H2,(H,27,30)(H,26,28,29). The Balaban J connectivity index is 1.72. The molecule has 0 radical (unpaired) electrons. The third kappa shape index (κ3) is 6.21. The zero-order valence-electron chi connectivity index (χ0n) is 16.3. The molecule has 0 unspecified atom stereocenters. The lowest BCUT2D eigenvalue weighted by Crippen LogP contribution is -2.33. The van der Waals surface area contributed by atoms with Gasteiger partial charge in [0.2, 0.25) is 5.95 Å². The number of ether oxygens (including phenoxy) is 1. The Morgan fingerprint density at radius 3 is 2.68 bits per heavy atom. The van der Waals surface area contributed by atoms with Crippen molar-refractivity contribution >= 4 is 29.3 Å². The van der Waals surface area contributed by atoms with Crippen LogP contribution >= 0.6 is 11.6 Å².